The van der Waals surface area contributed by atoms with Crippen LogP contribution in [0.15, 0.2) is 24.3 Å². The van der Waals surface area contributed by atoms with E-state index >= 15 is 0 Å². The quantitative estimate of drug-likeness (QED) is 0.892. The first-order valence-corrected chi connectivity index (χ1v) is 8.42. The standard InChI is InChI=1S/C14H23N3O3S/c1-16(2)21(18,19)17-10-8-12(9-11-17)15-13-6-4-5-7-14(13)20-3/h4-7,12,15H,8-11H2,1-3H3. The van der Waals surface area contributed by atoms with E-state index in [1.54, 1.807) is 21.2 Å². The minimum atomic E-state index is -3.29. The van der Waals surface area contributed by atoms with Crippen LogP contribution in [0.25, 0.3) is 0 Å². The van der Waals surface area contributed by atoms with Gasteiger partial charge in [-0.3, -0.25) is 0 Å². The van der Waals surface area contributed by atoms with Crippen LogP contribution in [0.4, 0.5) is 5.69 Å². The van der Waals surface area contributed by atoms with E-state index in [-0.39, 0.29) is 6.04 Å². The molecule has 21 heavy (non-hydrogen) atoms. The van der Waals surface area contributed by atoms with Crippen molar-refractivity contribution in [1.29, 1.82) is 0 Å². The number of nitrogens with zero attached hydrogens (tertiary/aromatic N) is 2. The van der Waals surface area contributed by atoms with Crippen LogP contribution in [0.3, 0.4) is 0 Å². The third-order valence-electron chi connectivity index (χ3n) is 3.71. The minimum Gasteiger partial charge on any atom is -0.495 e. The van der Waals surface area contributed by atoms with Gasteiger partial charge in [-0.1, -0.05) is 12.1 Å². The molecular formula is C14H23N3O3S. The molecule has 0 bridgehead atoms. The number of hydrogen-bond acceptors (Lipinski definition) is 4. The number of methoxy groups -OCH3 is 1. The molecule has 0 atom stereocenters. The Hall–Kier alpha value is -1.31. The summed E-state index contributed by atoms with van der Waals surface area (Å²) >= 11 is 0. The maximum atomic E-state index is 12.1. The average molecular weight is 313 g/mol. The van der Waals surface area contributed by atoms with E-state index in [1.165, 1.54) is 8.61 Å². The third-order valence-corrected chi connectivity index (χ3v) is 5.65. The fraction of sp³-hybridized carbons (Fsp3) is 0.571. The van der Waals surface area contributed by atoms with Crippen LogP contribution in [0, 0.1) is 0 Å². The van der Waals surface area contributed by atoms with E-state index in [2.05, 4.69) is 5.32 Å². The van der Waals surface area contributed by atoms with Crippen molar-refractivity contribution in [2.75, 3.05) is 39.6 Å². The van der Waals surface area contributed by atoms with Crippen LogP contribution in [0.1, 0.15) is 12.8 Å². The average Bonchev–Trinajstić information content (AvgIpc) is 2.48. The summed E-state index contributed by atoms with van der Waals surface area (Å²) in [7, 11) is 1.48. The monoisotopic (exact) mass is 313 g/mol. The van der Waals surface area contributed by atoms with Crippen LogP contribution < -0.4 is 10.1 Å². The van der Waals surface area contributed by atoms with Gasteiger partial charge in [-0.2, -0.15) is 17.0 Å². The van der Waals surface area contributed by atoms with Crippen molar-refractivity contribution in [2.45, 2.75) is 18.9 Å². The van der Waals surface area contributed by atoms with Crippen molar-refractivity contribution < 1.29 is 13.2 Å². The Balaban J connectivity index is 1.96. The second kappa shape index (κ2) is 6.64. The summed E-state index contributed by atoms with van der Waals surface area (Å²) in [6, 6.07) is 8.03. The van der Waals surface area contributed by atoms with Gasteiger partial charge in [0, 0.05) is 33.2 Å². The Kier molecular flexibility index (Phi) is 5.08. The molecule has 1 heterocycles. The highest BCUT2D eigenvalue weighted by Gasteiger charge is 2.29. The van der Waals surface area contributed by atoms with Gasteiger partial charge < -0.3 is 10.1 Å². The molecule has 6 nitrogen and oxygen atoms in total. The molecule has 1 aliphatic rings. The Bertz CT molecular complexity index is 567. The van der Waals surface area contributed by atoms with Crippen LogP contribution in [-0.2, 0) is 10.2 Å². The normalized spacial score (nSPS) is 17.9. The van der Waals surface area contributed by atoms with E-state index in [1.807, 2.05) is 24.3 Å². The molecule has 1 N–H and O–H groups in total. The predicted octanol–water partition coefficient (Wildman–Crippen LogP) is 1.38. The summed E-state index contributed by atoms with van der Waals surface area (Å²) in [5.74, 6) is 0.806. The van der Waals surface area contributed by atoms with Crippen molar-refractivity contribution in [1.82, 2.24) is 8.61 Å². The molecule has 0 aromatic heterocycles. The lowest BCUT2D eigenvalue weighted by atomic mass is 10.1. The van der Waals surface area contributed by atoms with Crippen molar-refractivity contribution in [3.05, 3.63) is 24.3 Å². The van der Waals surface area contributed by atoms with Gasteiger partial charge in [-0.15, -0.1) is 0 Å². The van der Waals surface area contributed by atoms with Crippen molar-refractivity contribution in [3.63, 3.8) is 0 Å². The maximum absolute atomic E-state index is 12.1. The summed E-state index contributed by atoms with van der Waals surface area (Å²) < 4.78 is 32.2. The number of para-hydroxylation sites is 2. The molecule has 0 aliphatic carbocycles. The largest absolute Gasteiger partial charge is 0.495 e. The topological polar surface area (TPSA) is 61.9 Å². The summed E-state index contributed by atoms with van der Waals surface area (Å²) in [5.41, 5.74) is 0.953. The number of nitrogens with one attached hydrogen (secondary N) is 1. The molecule has 118 valence electrons. The van der Waals surface area contributed by atoms with Gasteiger partial charge in [0.25, 0.3) is 10.2 Å². The Morgan fingerprint density at radius 2 is 1.86 bits per heavy atom. The lowest BCUT2D eigenvalue weighted by molar-refractivity contribution is 0.310. The molecule has 1 saturated heterocycles. The third kappa shape index (κ3) is 3.66. The number of ether oxygens (including phenoxy) is 1. The molecule has 1 fully saturated rings. The highest BCUT2D eigenvalue weighted by atomic mass is 32.2. The molecule has 1 aliphatic heterocycles. The van der Waals surface area contributed by atoms with Gasteiger partial charge in [-0.05, 0) is 25.0 Å². The maximum Gasteiger partial charge on any atom is 0.281 e. The second-order valence-electron chi connectivity index (χ2n) is 5.31. The second-order valence-corrected chi connectivity index (χ2v) is 7.45. The summed E-state index contributed by atoms with van der Waals surface area (Å²) in [4.78, 5) is 0. The summed E-state index contributed by atoms with van der Waals surface area (Å²) in [5, 5.41) is 3.44. The highest BCUT2D eigenvalue weighted by molar-refractivity contribution is 7.86. The number of benzene rings is 1. The zero-order chi connectivity index (χ0) is 15.5. The Labute approximate surface area is 126 Å². The molecule has 2 rings (SSSR count). The van der Waals surface area contributed by atoms with Gasteiger partial charge in [-0.25, -0.2) is 0 Å². The molecule has 0 amide bonds. The molecule has 0 spiro atoms. The Morgan fingerprint density at radius 3 is 2.43 bits per heavy atom. The van der Waals surface area contributed by atoms with Crippen molar-refractivity contribution in [2.24, 2.45) is 0 Å². The van der Waals surface area contributed by atoms with Gasteiger partial charge in [0.2, 0.25) is 0 Å². The van der Waals surface area contributed by atoms with Gasteiger partial charge in [0.05, 0.1) is 12.8 Å². The summed E-state index contributed by atoms with van der Waals surface area (Å²) in [6.07, 6.45) is 1.57. The van der Waals surface area contributed by atoms with Crippen molar-refractivity contribution >= 4 is 15.9 Å². The predicted molar refractivity (Wildman–Crippen MR) is 83.8 cm³/mol. The summed E-state index contributed by atoms with van der Waals surface area (Å²) in [6.45, 7) is 1.07. The highest BCUT2D eigenvalue weighted by Crippen LogP contribution is 2.26. The smallest absolute Gasteiger partial charge is 0.281 e. The van der Waals surface area contributed by atoms with Gasteiger partial charge in [0.15, 0.2) is 0 Å². The minimum absolute atomic E-state index is 0.259. The number of anilines is 1. The molecule has 0 saturated carbocycles. The number of hydrogen-bond donors (Lipinski definition) is 1. The molecule has 1 aromatic rings. The lowest BCUT2D eigenvalue weighted by Crippen LogP contribution is -2.46. The van der Waals surface area contributed by atoms with Gasteiger partial charge >= 0.3 is 0 Å². The van der Waals surface area contributed by atoms with Crippen LogP contribution in [-0.4, -0.2) is 57.4 Å². The molecule has 0 unspecified atom stereocenters. The van der Waals surface area contributed by atoms with E-state index in [0.29, 0.717) is 13.1 Å². The zero-order valence-corrected chi connectivity index (χ0v) is 13.6. The van der Waals surface area contributed by atoms with Crippen LogP contribution >= 0.6 is 0 Å². The first-order chi connectivity index (χ1) is 9.95. The number of rotatable bonds is 5. The number of piperidine rings is 1. The van der Waals surface area contributed by atoms with Gasteiger partial charge in [0.1, 0.15) is 5.75 Å². The fourth-order valence-corrected chi connectivity index (χ4v) is 3.58. The first kappa shape index (κ1) is 16.1. The molecule has 1 aromatic carbocycles. The van der Waals surface area contributed by atoms with E-state index in [0.717, 1.165) is 24.3 Å². The molecular weight excluding hydrogens is 290 g/mol. The van der Waals surface area contributed by atoms with Crippen molar-refractivity contribution in [3.8, 4) is 5.75 Å². The van der Waals surface area contributed by atoms with Crippen LogP contribution in [0.5, 0.6) is 5.75 Å². The van der Waals surface area contributed by atoms with Crippen LogP contribution in [0.2, 0.25) is 0 Å². The fourth-order valence-electron chi connectivity index (χ4n) is 2.45. The molecule has 0 radical (unpaired) electrons. The SMILES string of the molecule is COc1ccccc1NC1CCN(S(=O)(=O)N(C)C)CC1. The zero-order valence-electron chi connectivity index (χ0n) is 12.7. The van der Waals surface area contributed by atoms with E-state index < -0.39 is 10.2 Å². The molecule has 7 heteroatoms. The van der Waals surface area contributed by atoms with E-state index in [9.17, 15) is 8.42 Å². The first-order valence-electron chi connectivity index (χ1n) is 7.02. The Morgan fingerprint density at radius 1 is 1.24 bits per heavy atom. The lowest BCUT2D eigenvalue weighted by Gasteiger charge is -2.33. The van der Waals surface area contributed by atoms with E-state index in [4.69, 9.17) is 4.74 Å².